The molecule has 2 N–H and O–H groups in total. The van der Waals surface area contributed by atoms with E-state index in [1.54, 1.807) is 7.11 Å². The van der Waals surface area contributed by atoms with E-state index in [4.69, 9.17) is 15.0 Å². The van der Waals surface area contributed by atoms with E-state index in [1.165, 1.54) is 0 Å². The van der Waals surface area contributed by atoms with Gasteiger partial charge in [0.1, 0.15) is 6.10 Å². The Balaban J connectivity index is 3.00. The molecule has 1 atom stereocenters. The van der Waals surface area contributed by atoms with Crippen LogP contribution in [0.15, 0.2) is 4.52 Å². The molecule has 0 fully saturated rings. The Hall–Kier alpha value is -0.940. The molecule has 1 heterocycles. The summed E-state index contributed by atoms with van der Waals surface area (Å²) < 4.78 is 10.7. The highest BCUT2D eigenvalue weighted by Gasteiger charge is 2.34. The second kappa shape index (κ2) is 6.12. The van der Waals surface area contributed by atoms with Crippen LogP contribution in [-0.4, -0.2) is 23.8 Å². The van der Waals surface area contributed by atoms with Crippen molar-refractivity contribution in [3.8, 4) is 0 Å². The smallest absolute Gasteiger partial charge is 0.234 e. The molecule has 98 valence electrons. The first kappa shape index (κ1) is 14.1. The fourth-order valence-electron chi connectivity index (χ4n) is 1.96. The first-order valence-corrected chi connectivity index (χ1v) is 6.24. The zero-order chi connectivity index (χ0) is 12.9. The average molecular weight is 241 g/mol. The molecule has 0 bridgehead atoms. The van der Waals surface area contributed by atoms with E-state index in [0.717, 1.165) is 19.3 Å². The summed E-state index contributed by atoms with van der Waals surface area (Å²) in [6.07, 6.45) is 2.51. The molecule has 0 aliphatic carbocycles. The van der Waals surface area contributed by atoms with Crippen LogP contribution in [0.1, 0.15) is 57.9 Å². The SMILES string of the molecule is CCC(OC)c1noc(C(CC)(CC)CN)n1. The first-order valence-electron chi connectivity index (χ1n) is 6.24. The second-order valence-electron chi connectivity index (χ2n) is 4.28. The third-order valence-corrected chi connectivity index (χ3v) is 3.58. The molecule has 0 aliphatic heterocycles. The van der Waals surface area contributed by atoms with Gasteiger partial charge in [0.2, 0.25) is 11.7 Å². The number of nitrogens with two attached hydrogens (primary N) is 1. The molecular weight excluding hydrogens is 218 g/mol. The summed E-state index contributed by atoms with van der Waals surface area (Å²) in [4.78, 5) is 4.45. The van der Waals surface area contributed by atoms with Gasteiger partial charge in [-0.25, -0.2) is 0 Å². The van der Waals surface area contributed by atoms with Gasteiger partial charge < -0.3 is 15.0 Å². The van der Waals surface area contributed by atoms with E-state index in [0.29, 0.717) is 18.3 Å². The number of hydrogen-bond donors (Lipinski definition) is 1. The minimum Gasteiger partial charge on any atom is -0.373 e. The van der Waals surface area contributed by atoms with Crippen molar-refractivity contribution in [3.05, 3.63) is 11.7 Å². The number of ether oxygens (including phenoxy) is 1. The van der Waals surface area contributed by atoms with Crippen molar-refractivity contribution in [2.75, 3.05) is 13.7 Å². The average Bonchev–Trinajstić information content (AvgIpc) is 2.84. The van der Waals surface area contributed by atoms with E-state index in [9.17, 15) is 0 Å². The molecule has 0 saturated carbocycles. The fourth-order valence-corrected chi connectivity index (χ4v) is 1.96. The number of nitrogens with zero attached hydrogens (tertiary/aromatic N) is 2. The van der Waals surface area contributed by atoms with Crippen LogP contribution < -0.4 is 5.73 Å². The lowest BCUT2D eigenvalue weighted by molar-refractivity contribution is 0.0903. The lowest BCUT2D eigenvalue weighted by atomic mass is 9.82. The van der Waals surface area contributed by atoms with Gasteiger partial charge in [-0.1, -0.05) is 25.9 Å². The van der Waals surface area contributed by atoms with E-state index in [-0.39, 0.29) is 11.5 Å². The van der Waals surface area contributed by atoms with Gasteiger partial charge in [-0.3, -0.25) is 0 Å². The van der Waals surface area contributed by atoms with Crippen molar-refractivity contribution in [1.29, 1.82) is 0 Å². The predicted octanol–water partition coefficient (Wildman–Crippen LogP) is 2.18. The largest absolute Gasteiger partial charge is 0.373 e. The van der Waals surface area contributed by atoms with Gasteiger partial charge >= 0.3 is 0 Å². The summed E-state index contributed by atoms with van der Waals surface area (Å²) in [7, 11) is 1.65. The standard InChI is InChI=1S/C12H23N3O2/c1-5-9(16-4)10-14-11(17-15-10)12(6-2,7-3)8-13/h9H,5-8,13H2,1-4H3. The second-order valence-corrected chi connectivity index (χ2v) is 4.28. The third kappa shape index (κ3) is 2.66. The number of aromatic nitrogens is 2. The molecule has 5 nitrogen and oxygen atoms in total. The van der Waals surface area contributed by atoms with Crippen LogP contribution in [0.4, 0.5) is 0 Å². The Labute approximate surface area is 103 Å². The molecule has 0 aromatic carbocycles. The topological polar surface area (TPSA) is 74.2 Å². The van der Waals surface area contributed by atoms with E-state index in [1.807, 2.05) is 6.92 Å². The maximum atomic E-state index is 5.85. The predicted molar refractivity (Wildman–Crippen MR) is 65.7 cm³/mol. The monoisotopic (exact) mass is 241 g/mol. The Morgan fingerprint density at radius 3 is 2.41 bits per heavy atom. The van der Waals surface area contributed by atoms with Gasteiger partial charge in [-0.15, -0.1) is 0 Å². The molecule has 1 rings (SSSR count). The summed E-state index contributed by atoms with van der Waals surface area (Å²) in [5.41, 5.74) is 5.66. The molecule has 1 aromatic rings. The minimum absolute atomic E-state index is 0.100. The van der Waals surface area contributed by atoms with Crippen molar-refractivity contribution in [2.24, 2.45) is 5.73 Å². The summed E-state index contributed by atoms with van der Waals surface area (Å²) in [5, 5.41) is 4.00. The van der Waals surface area contributed by atoms with Gasteiger partial charge in [0.25, 0.3) is 0 Å². The van der Waals surface area contributed by atoms with E-state index < -0.39 is 0 Å². The zero-order valence-corrected chi connectivity index (χ0v) is 11.2. The zero-order valence-electron chi connectivity index (χ0n) is 11.2. The van der Waals surface area contributed by atoms with Crippen LogP contribution in [0.3, 0.4) is 0 Å². The van der Waals surface area contributed by atoms with E-state index >= 15 is 0 Å². The van der Waals surface area contributed by atoms with Gasteiger partial charge in [-0.05, 0) is 19.3 Å². The Morgan fingerprint density at radius 1 is 1.35 bits per heavy atom. The molecule has 0 radical (unpaired) electrons. The van der Waals surface area contributed by atoms with Crippen LogP contribution in [0, 0.1) is 0 Å². The maximum Gasteiger partial charge on any atom is 0.234 e. The van der Waals surface area contributed by atoms with Gasteiger partial charge in [0.05, 0.1) is 5.41 Å². The molecule has 0 spiro atoms. The van der Waals surface area contributed by atoms with Gasteiger partial charge in [0, 0.05) is 13.7 Å². The molecular formula is C12H23N3O2. The van der Waals surface area contributed by atoms with Crippen molar-refractivity contribution in [2.45, 2.75) is 51.6 Å². The highest BCUT2D eigenvalue weighted by Crippen LogP contribution is 2.30. The minimum atomic E-state index is -0.197. The Bertz CT molecular complexity index is 322. The quantitative estimate of drug-likeness (QED) is 0.792. The number of hydrogen-bond acceptors (Lipinski definition) is 5. The summed E-state index contributed by atoms with van der Waals surface area (Å²) in [6, 6.07) is 0. The van der Waals surface area contributed by atoms with Crippen LogP contribution in [-0.2, 0) is 10.2 Å². The van der Waals surface area contributed by atoms with Gasteiger partial charge in [0.15, 0.2) is 0 Å². The molecule has 17 heavy (non-hydrogen) atoms. The van der Waals surface area contributed by atoms with Crippen molar-refractivity contribution in [1.82, 2.24) is 10.1 Å². The molecule has 0 amide bonds. The first-order chi connectivity index (χ1) is 8.17. The van der Waals surface area contributed by atoms with Crippen molar-refractivity contribution in [3.63, 3.8) is 0 Å². The maximum absolute atomic E-state index is 5.85. The van der Waals surface area contributed by atoms with Crippen LogP contribution in [0.25, 0.3) is 0 Å². The Morgan fingerprint density at radius 2 is 2.00 bits per heavy atom. The lowest BCUT2D eigenvalue weighted by Crippen LogP contribution is -2.34. The highest BCUT2D eigenvalue weighted by molar-refractivity contribution is 5.06. The number of methoxy groups -OCH3 is 1. The third-order valence-electron chi connectivity index (χ3n) is 3.58. The summed E-state index contributed by atoms with van der Waals surface area (Å²) in [6.45, 7) is 6.73. The van der Waals surface area contributed by atoms with E-state index in [2.05, 4.69) is 24.0 Å². The molecule has 5 heteroatoms. The van der Waals surface area contributed by atoms with Crippen molar-refractivity contribution < 1.29 is 9.26 Å². The Kier molecular flexibility index (Phi) is 5.08. The molecule has 0 saturated heterocycles. The van der Waals surface area contributed by atoms with Crippen LogP contribution >= 0.6 is 0 Å². The number of rotatable bonds is 7. The van der Waals surface area contributed by atoms with Crippen LogP contribution in [0.2, 0.25) is 0 Å². The van der Waals surface area contributed by atoms with Gasteiger partial charge in [-0.2, -0.15) is 4.98 Å². The lowest BCUT2D eigenvalue weighted by Gasteiger charge is -2.25. The fraction of sp³-hybridized carbons (Fsp3) is 0.833. The highest BCUT2D eigenvalue weighted by atomic mass is 16.5. The normalized spacial score (nSPS) is 13.9. The molecule has 1 unspecified atom stereocenters. The molecule has 0 aliphatic rings. The summed E-state index contributed by atoms with van der Waals surface area (Å²) in [5.74, 6) is 1.25. The van der Waals surface area contributed by atoms with Crippen LogP contribution in [0.5, 0.6) is 0 Å². The van der Waals surface area contributed by atoms with Crippen molar-refractivity contribution >= 4 is 0 Å². The molecule has 1 aromatic heterocycles. The summed E-state index contributed by atoms with van der Waals surface area (Å²) >= 11 is 0.